The smallest absolute Gasteiger partial charge is 0.0291 e. The average Bonchev–Trinajstić information content (AvgIpc) is 2.39. The van der Waals surface area contributed by atoms with E-state index in [1.165, 1.54) is 34.8 Å². The molecule has 0 radical (unpaired) electrons. The van der Waals surface area contributed by atoms with Crippen molar-refractivity contribution in [2.24, 2.45) is 5.92 Å². The van der Waals surface area contributed by atoms with Crippen LogP contribution in [0.5, 0.6) is 0 Å². The van der Waals surface area contributed by atoms with Gasteiger partial charge in [0.15, 0.2) is 0 Å². The second-order valence-electron chi connectivity index (χ2n) is 5.10. The van der Waals surface area contributed by atoms with E-state index in [4.69, 9.17) is 0 Å². The number of benzene rings is 1. The van der Waals surface area contributed by atoms with Gasteiger partial charge in [-0.3, -0.25) is 0 Å². The first-order chi connectivity index (χ1) is 8.67. The van der Waals surface area contributed by atoms with Gasteiger partial charge in [0, 0.05) is 9.61 Å². The Labute approximate surface area is 126 Å². The fraction of sp³-hybridized carbons (Fsp3) is 0.625. The number of hydrogen-bond acceptors (Lipinski definition) is 1. The molecule has 0 saturated heterocycles. The van der Waals surface area contributed by atoms with Crippen LogP contribution in [0.3, 0.4) is 0 Å². The molecule has 0 spiro atoms. The summed E-state index contributed by atoms with van der Waals surface area (Å²) >= 11 is 2.35. The van der Waals surface area contributed by atoms with E-state index in [2.05, 4.69) is 72.9 Å². The zero-order valence-corrected chi connectivity index (χ0v) is 14.0. The lowest BCUT2D eigenvalue weighted by atomic mass is 9.98. The van der Waals surface area contributed by atoms with E-state index in [0.717, 1.165) is 12.5 Å². The van der Waals surface area contributed by atoms with Crippen LogP contribution in [-0.4, -0.2) is 6.54 Å². The van der Waals surface area contributed by atoms with E-state index in [9.17, 15) is 0 Å². The quantitative estimate of drug-likeness (QED) is 0.633. The molecule has 0 aliphatic heterocycles. The number of halogens is 1. The van der Waals surface area contributed by atoms with Crippen molar-refractivity contribution >= 4 is 22.6 Å². The molecule has 1 aromatic rings. The summed E-state index contributed by atoms with van der Waals surface area (Å²) in [7, 11) is 0. The number of unbranched alkanes of at least 4 members (excludes halogenated alkanes) is 1. The summed E-state index contributed by atoms with van der Waals surface area (Å²) in [5, 5.41) is 3.68. The Morgan fingerprint density at radius 2 is 1.83 bits per heavy atom. The molecule has 2 heteroatoms. The monoisotopic (exact) mass is 359 g/mol. The summed E-state index contributed by atoms with van der Waals surface area (Å²) in [6, 6.07) is 9.28. The summed E-state index contributed by atoms with van der Waals surface area (Å²) in [5.74, 6) is 0.830. The molecule has 0 saturated carbocycles. The summed E-state index contributed by atoms with van der Waals surface area (Å²) < 4.78 is 1.30. The van der Waals surface area contributed by atoms with Crippen LogP contribution in [0.4, 0.5) is 0 Å². The molecule has 0 aromatic heterocycles. The number of rotatable bonds is 8. The first-order valence-electron chi connectivity index (χ1n) is 7.16. The molecule has 1 rings (SSSR count). The Morgan fingerprint density at radius 3 is 2.39 bits per heavy atom. The van der Waals surface area contributed by atoms with E-state index in [-0.39, 0.29) is 0 Å². The van der Waals surface area contributed by atoms with Gasteiger partial charge in [-0.1, -0.05) is 45.2 Å². The first kappa shape index (κ1) is 16.0. The Kier molecular flexibility index (Phi) is 7.91. The highest BCUT2D eigenvalue weighted by molar-refractivity contribution is 14.1. The molecule has 1 nitrogen and oxygen atoms in total. The van der Waals surface area contributed by atoms with Crippen molar-refractivity contribution in [2.45, 2.75) is 52.5 Å². The standard InChI is InChI=1S/C16H26IN/c1-4-6-7-14(5-2)12-18-13(3)15-8-10-16(17)11-9-15/h8-11,13-14,18H,4-7,12H2,1-3H3. The van der Waals surface area contributed by atoms with Crippen molar-refractivity contribution in [3.63, 3.8) is 0 Å². The molecule has 0 amide bonds. The maximum atomic E-state index is 3.68. The Hall–Kier alpha value is -0.0900. The van der Waals surface area contributed by atoms with Crippen molar-refractivity contribution in [1.82, 2.24) is 5.32 Å². The summed E-state index contributed by atoms with van der Waals surface area (Å²) in [6.45, 7) is 7.98. The largest absolute Gasteiger partial charge is 0.310 e. The van der Waals surface area contributed by atoms with Crippen molar-refractivity contribution in [1.29, 1.82) is 0 Å². The third kappa shape index (κ3) is 5.70. The van der Waals surface area contributed by atoms with Gasteiger partial charge in [-0.15, -0.1) is 0 Å². The maximum absolute atomic E-state index is 3.68. The van der Waals surface area contributed by atoms with Gasteiger partial charge in [-0.25, -0.2) is 0 Å². The lowest BCUT2D eigenvalue weighted by Crippen LogP contribution is -2.25. The van der Waals surface area contributed by atoms with Crippen LogP contribution in [0.2, 0.25) is 0 Å². The van der Waals surface area contributed by atoms with E-state index in [1.54, 1.807) is 0 Å². The Bertz CT molecular complexity index is 320. The molecular weight excluding hydrogens is 333 g/mol. The molecule has 0 heterocycles. The fourth-order valence-electron chi connectivity index (χ4n) is 2.16. The van der Waals surface area contributed by atoms with Crippen LogP contribution >= 0.6 is 22.6 Å². The van der Waals surface area contributed by atoms with Crippen LogP contribution in [-0.2, 0) is 0 Å². The number of nitrogens with one attached hydrogen (secondary N) is 1. The van der Waals surface area contributed by atoms with Crippen LogP contribution in [0.1, 0.15) is 58.1 Å². The van der Waals surface area contributed by atoms with E-state index in [0.29, 0.717) is 6.04 Å². The molecule has 2 atom stereocenters. The lowest BCUT2D eigenvalue weighted by molar-refractivity contribution is 0.398. The minimum Gasteiger partial charge on any atom is -0.310 e. The zero-order valence-electron chi connectivity index (χ0n) is 11.9. The summed E-state index contributed by atoms with van der Waals surface area (Å²) in [4.78, 5) is 0. The van der Waals surface area contributed by atoms with Gasteiger partial charge < -0.3 is 5.32 Å². The average molecular weight is 359 g/mol. The molecule has 2 unspecified atom stereocenters. The third-order valence-electron chi connectivity index (χ3n) is 3.63. The van der Waals surface area contributed by atoms with Gasteiger partial charge in [0.1, 0.15) is 0 Å². The predicted molar refractivity (Wildman–Crippen MR) is 88.9 cm³/mol. The van der Waals surface area contributed by atoms with Crippen LogP contribution in [0.15, 0.2) is 24.3 Å². The van der Waals surface area contributed by atoms with Gasteiger partial charge in [0.05, 0.1) is 0 Å². The second-order valence-corrected chi connectivity index (χ2v) is 6.34. The Morgan fingerprint density at radius 1 is 1.17 bits per heavy atom. The molecule has 102 valence electrons. The van der Waals surface area contributed by atoms with Crippen LogP contribution < -0.4 is 5.32 Å². The SMILES string of the molecule is CCCCC(CC)CNC(C)c1ccc(I)cc1. The van der Waals surface area contributed by atoms with Gasteiger partial charge >= 0.3 is 0 Å². The molecular formula is C16H26IN. The minimum absolute atomic E-state index is 0.456. The first-order valence-corrected chi connectivity index (χ1v) is 8.24. The van der Waals surface area contributed by atoms with Crippen LogP contribution in [0.25, 0.3) is 0 Å². The number of hydrogen-bond donors (Lipinski definition) is 1. The molecule has 0 aliphatic rings. The maximum Gasteiger partial charge on any atom is 0.0291 e. The molecule has 0 bridgehead atoms. The highest BCUT2D eigenvalue weighted by atomic mass is 127. The topological polar surface area (TPSA) is 12.0 Å². The van der Waals surface area contributed by atoms with Crippen LogP contribution in [0, 0.1) is 9.49 Å². The Balaban J connectivity index is 2.39. The van der Waals surface area contributed by atoms with Crippen molar-refractivity contribution in [2.75, 3.05) is 6.54 Å². The minimum atomic E-state index is 0.456. The van der Waals surface area contributed by atoms with Crippen molar-refractivity contribution in [3.8, 4) is 0 Å². The molecule has 18 heavy (non-hydrogen) atoms. The van der Waals surface area contributed by atoms with E-state index in [1.807, 2.05) is 0 Å². The zero-order chi connectivity index (χ0) is 13.4. The van der Waals surface area contributed by atoms with E-state index < -0.39 is 0 Å². The highest BCUT2D eigenvalue weighted by Crippen LogP contribution is 2.17. The molecule has 0 aliphatic carbocycles. The normalized spacial score (nSPS) is 14.4. The second kappa shape index (κ2) is 8.92. The van der Waals surface area contributed by atoms with Crippen molar-refractivity contribution in [3.05, 3.63) is 33.4 Å². The molecule has 0 fully saturated rings. The molecule has 1 N–H and O–H groups in total. The van der Waals surface area contributed by atoms with Gasteiger partial charge in [0.25, 0.3) is 0 Å². The predicted octanol–water partition coefficient (Wildman–Crippen LogP) is 5.16. The highest BCUT2D eigenvalue weighted by Gasteiger charge is 2.09. The van der Waals surface area contributed by atoms with Gasteiger partial charge in [-0.2, -0.15) is 0 Å². The molecule has 1 aromatic carbocycles. The third-order valence-corrected chi connectivity index (χ3v) is 4.35. The summed E-state index contributed by atoms with van der Waals surface area (Å²) in [6.07, 6.45) is 5.31. The fourth-order valence-corrected chi connectivity index (χ4v) is 2.52. The lowest BCUT2D eigenvalue weighted by Gasteiger charge is -2.20. The van der Waals surface area contributed by atoms with Gasteiger partial charge in [0.2, 0.25) is 0 Å². The van der Waals surface area contributed by atoms with E-state index >= 15 is 0 Å². The van der Waals surface area contributed by atoms with Gasteiger partial charge in [-0.05, 0) is 66.1 Å². The van der Waals surface area contributed by atoms with Crippen molar-refractivity contribution < 1.29 is 0 Å². The summed E-state index contributed by atoms with van der Waals surface area (Å²) in [5.41, 5.74) is 1.39.